The van der Waals surface area contributed by atoms with Gasteiger partial charge in [-0.1, -0.05) is 0 Å². The summed E-state index contributed by atoms with van der Waals surface area (Å²) in [5.41, 5.74) is -3.03. The minimum atomic E-state index is -2.05. The van der Waals surface area contributed by atoms with E-state index in [1.165, 1.54) is 0 Å². The zero-order chi connectivity index (χ0) is 28.5. The van der Waals surface area contributed by atoms with Crippen LogP contribution in [0, 0.1) is 0 Å². The molecule has 1 N–H and O–H groups in total. The van der Waals surface area contributed by atoms with E-state index in [0.29, 0.717) is 0 Å². The summed E-state index contributed by atoms with van der Waals surface area (Å²) in [6, 6.07) is 0. The van der Waals surface area contributed by atoms with E-state index < -0.39 is 70.6 Å². The first-order chi connectivity index (χ1) is 15.7. The van der Waals surface area contributed by atoms with Crippen molar-refractivity contribution in [2.24, 2.45) is 0 Å². The number of carbonyl (C=O) groups is 1. The van der Waals surface area contributed by atoms with Crippen molar-refractivity contribution in [1.82, 2.24) is 0 Å². The Balaban J connectivity index is 3.65. The van der Waals surface area contributed by atoms with Crippen LogP contribution in [-0.4, -0.2) is 75.9 Å². The van der Waals surface area contributed by atoms with Gasteiger partial charge < -0.3 is 33.5 Å². The number of esters is 1. The van der Waals surface area contributed by atoms with Gasteiger partial charge in [0.1, 0.15) is 36.4 Å². The molecule has 0 aliphatic carbocycles. The molecule has 0 unspecified atom stereocenters. The highest BCUT2D eigenvalue weighted by Crippen LogP contribution is 2.41. The number of hydrogen-bond acceptors (Lipinski definition) is 8. The first kappa shape index (κ1) is 33.3. The molecular weight excluding hydrogens is 464 g/mol. The molecule has 0 radical (unpaired) electrons. The fraction of sp³-hybridized carbons (Fsp3) is 0.964. The molecule has 1 rings (SSSR count). The summed E-state index contributed by atoms with van der Waals surface area (Å²) in [6.45, 7) is 28.5. The van der Waals surface area contributed by atoms with Crippen molar-refractivity contribution in [1.29, 1.82) is 0 Å². The second-order valence-corrected chi connectivity index (χ2v) is 14.7. The van der Waals surface area contributed by atoms with Crippen LogP contribution in [0.3, 0.4) is 0 Å². The van der Waals surface area contributed by atoms with E-state index in [1.807, 2.05) is 83.1 Å². The second kappa shape index (κ2) is 11.1. The maximum atomic E-state index is 12.9. The average Bonchev–Trinajstić information content (AvgIpc) is 2.53. The fourth-order valence-corrected chi connectivity index (χ4v) is 3.85. The summed E-state index contributed by atoms with van der Waals surface area (Å²) in [6.07, 6.45) is -3.68. The molecule has 8 nitrogen and oxygen atoms in total. The van der Waals surface area contributed by atoms with Gasteiger partial charge in [-0.25, -0.2) is 0 Å². The highest BCUT2D eigenvalue weighted by atomic mass is 16.7. The first-order valence-electron chi connectivity index (χ1n) is 13.0. The molecule has 5 atom stereocenters. The van der Waals surface area contributed by atoms with Gasteiger partial charge in [-0.15, -0.1) is 0 Å². The number of carbonyl (C=O) groups excluding carboxylic acids is 1. The molecule has 0 amide bonds. The second-order valence-electron chi connectivity index (χ2n) is 14.7. The predicted molar refractivity (Wildman–Crippen MR) is 140 cm³/mol. The molecule has 36 heavy (non-hydrogen) atoms. The third-order valence-electron chi connectivity index (χ3n) is 4.75. The molecule has 8 heteroatoms. The molecule has 0 bridgehead atoms. The third kappa shape index (κ3) is 12.2. The van der Waals surface area contributed by atoms with Crippen molar-refractivity contribution >= 4 is 5.97 Å². The lowest BCUT2D eigenvalue weighted by Gasteiger charge is -2.53. The topological polar surface area (TPSA) is 92.7 Å². The predicted octanol–water partition coefficient (Wildman–Crippen LogP) is 5.17. The van der Waals surface area contributed by atoms with Gasteiger partial charge in [-0.3, -0.25) is 4.79 Å². The van der Waals surface area contributed by atoms with E-state index in [4.69, 9.17) is 28.4 Å². The van der Waals surface area contributed by atoms with Gasteiger partial charge in [-0.05, 0) is 104 Å². The first-order valence-corrected chi connectivity index (χ1v) is 13.0. The summed E-state index contributed by atoms with van der Waals surface area (Å²) in [5, 5.41) is 12.0. The van der Waals surface area contributed by atoms with E-state index in [0.717, 1.165) is 0 Å². The van der Waals surface area contributed by atoms with Crippen molar-refractivity contribution in [2.45, 2.75) is 168 Å². The van der Waals surface area contributed by atoms with Gasteiger partial charge in [0, 0.05) is 0 Å². The van der Waals surface area contributed by atoms with Crippen LogP contribution >= 0.6 is 0 Å². The Morgan fingerprint density at radius 3 is 1.53 bits per heavy atom. The molecular formula is C28H54O8. The van der Waals surface area contributed by atoms with Crippen LogP contribution in [-0.2, 0) is 33.2 Å². The van der Waals surface area contributed by atoms with Crippen molar-refractivity contribution < 1.29 is 38.3 Å². The molecule has 1 saturated heterocycles. The lowest BCUT2D eigenvalue weighted by atomic mass is 9.88. The van der Waals surface area contributed by atoms with Gasteiger partial charge in [0.05, 0.1) is 29.0 Å². The van der Waals surface area contributed by atoms with Crippen LogP contribution in [0.1, 0.15) is 110 Å². The van der Waals surface area contributed by atoms with E-state index in [9.17, 15) is 9.90 Å². The average molecular weight is 519 g/mol. The minimum Gasteiger partial charge on any atom is -0.460 e. The monoisotopic (exact) mass is 518 g/mol. The van der Waals surface area contributed by atoms with E-state index >= 15 is 0 Å². The minimum absolute atomic E-state index is 0.118. The normalized spacial score (nSPS) is 28.8. The molecule has 0 aromatic heterocycles. The van der Waals surface area contributed by atoms with Crippen LogP contribution < -0.4 is 0 Å². The molecule has 214 valence electrons. The van der Waals surface area contributed by atoms with E-state index in [-0.39, 0.29) is 6.61 Å². The maximum absolute atomic E-state index is 12.9. The Labute approximate surface area is 219 Å². The van der Waals surface area contributed by atoms with Crippen LogP contribution in [0.5, 0.6) is 0 Å². The highest BCUT2D eigenvalue weighted by molar-refractivity contribution is 5.71. The highest BCUT2D eigenvalue weighted by Gasteiger charge is 2.59. The summed E-state index contributed by atoms with van der Waals surface area (Å²) < 4.78 is 37.4. The standard InChI is InChI=1S/C28H54O8/c1-23(2,3)31-17-18-20(34-25(7,8)9)21(35-26(10,11)12)22(36-27(13,14)15)28(30,32-18)16-19(29)33-24(4,5)6/h18,20-22,30H,16-17H2,1-15H3/t18-,20-,21+,22-,28+/m1/s1. The SMILES string of the molecule is CC(C)(C)OC[C@H]1O[C@@](O)(CC(=O)OC(C)(C)C)[C@H](OC(C)(C)C)[C@@H](OC(C)(C)C)[C@@H]1OC(C)(C)C. The van der Waals surface area contributed by atoms with Crippen LogP contribution in [0.4, 0.5) is 0 Å². The van der Waals surface area contributed by atoms with Crippen LogP contribution in [0.15, 0.2) is 0 Å². The number of aliphatic hydroxyl groups is 1. The summed E-state index contributed by atoms with van der Waals surface area (Å²) in [5.74, 6) is -2.65. The van der Waals surface area contributed by atoms with Gasteiger partial charge >= 0.3 is 5.97 Å². The summed E-state index contributed by atoms with van der Waals surface area (Å²) in [4.78, 5) is 12.9. The number of hydrogen-bond donors (Lipinski definition) is 1. The van der Waals surface area contributed by atoms with E-state index in [1.54, 1.807) is 20.8 Å². The molecule has 0 spiro atoms. The molecule has 1 fully saturated rings. The number of ether oxygens (including phenoxy) is 6. The van der Waals surface area contributed by atoms with Crippen molar-refractivity contribution in [3.8, 4) is 0 Å². The summed E-state index contributed by atoms with van der Waals surface area (Å²) in [7, 11) is 0. The molecule has 1 aliphatic rings. The molecule has 0 saturated carbocycles. The Morgan fingerprint density at radius 1 is 0.694 bits per heavy atom. The van der Waals surface area contributed by atoms with Gasteiger partial charge in [0.15, 0.2) is 0 Å². The summed E-state index contributed by atoms with van der Waals surface area (Å²) >= 11 is 0. The molecule has 1 aliphatic heterocycles. The van der Waals surface area contributed by atoms with Gasteiger partial charge in [0.25, 0.3) is 0 Å². The molecule has 0 aromatic carbocycles. The largest absolute Gasteiger partial charge is 0.460 e. The Bertz CT molecular complexity index is 714. The number of rotatable bonds is 7. The quantitative estimate of drug-likeness (QED) is 0.461. The Hall–Kier alpha value is -0.770. The smallest absolute Gasteiger partial charge is 0.311 e. The van der Waals surface area contributed by atoms with Crippen LogP contribution in [0.25, 0.3) is 0 Å². The van der Waals surface area contributed by atoms with Gasteiger partial charge in [-0.2, -0.15) is 0 Å². The molecule has 1 heterocycles. The fourth-order valence-electron chi connectivity index (χ4n) is 3.85. The Kier molecular flexibility index (Phi) is 10.3. The third-order valence-corrected chi connectivity index (χ3v) is 4.75. The van der Waals surface area contributed by atoms with Crippen LogP contribution in [0.2, 0.25) is 0 Å². The lowest BCUT2D eigenvalue weighted by Crippen LogP contribution is -2.70. The van der Waals surface area contributed by atoms with Crippen molar-refractivity contribution in [3.05, 3.63) is 0 Å². The zero-order valence-electron chi connectivity index (χ0n) is 25.5. The van der Waals surface area contributed by atoms with Gasteiger partial charge in [0.2, 0.25) is 5.79 Å². The zero-order valence-corrected chi connectivity index (χ0v) is 25.5. The lowest BCUT2D eigenvalue weighted by molar-refractivity contribution is -0.390. The molecule has 0 aromatic rings. The Morgan fingerprint density at radius 2 is 1.14 bits per heavy atom. The maximum Gasteiger partial charge on any atom is 0.311 e. The van der Waals surface area contributed by atoms with Crippen molar-refractivity contribution in [3.63, 3.8) is 0 Å². The van der Waals surface area contributed by atoms with Crippen molar-refractivity contribution in [2.75, 3.05) is 6.61 Å². The van der Waals surface area contributed by atoms with E-state index in [2.05, 4.69) is 0 Å².